The van der Waals surface area contributed by atoms with Gasteiger partial charge in [-0.15, -0.1) is 0 Å². The molecule has 0 aliphatic heterocycles. The van der Waals surface area contributed by atoms with E-state index in [1.54, 1.807) is 24.3 Å². The number of hydrogen-bond donors (Lipinski definition) is 2. The van der Waals surface area contributed by atoms with Gasteiger partial charge in [0.05, 0.1) is 0 Å². The summed E-state index contributed by atoms with van der Waals surface area (Å²) in [4.78, 5) is 0. The summed E-state index contributed by atoms with van der Waals surface area (Å²) in [5.41, 5.74) is 6.08. The quantitative estimate of drug-likeness (QED) is 0.591. The minimum Gasteiger partial charge on any atom is -0.491 e. The molecule has 1 aromatic carbocycles. The van der Waals surface area contributed by atoms with E-state index in [1.165, 1.54) is 6.92 Å². The van der Waals surface area contributed by atoms with Crippen molar-refractivity contribution >= 4 is 16.1 Å². The Morgan fingerprint density at radius 3 is 2.44 bits per heavy atom. The first-order valence-electron chi connectivity index (χ1n) is 4.51. The van der Waals surface area contributed by atoms with Gasteiger partial charge in [0.1, 0.15) is 18.5 Å². The summed E-state index contributed by atoms with van der Waals surface area (Å²) >= 11 is 0. The molecular weight excluding hydrogens is 234 g/mol. The Labute approximate surface area is 93.9 Å². The zero-order chi connectivity index (χ0) is 12.2. The fourth-order valence-electron chi connectivity index (χ4n) is 1.01. The van der Waals surface area contributed by atoms with Crippen molar-refractivity contribution in [3.05, 3.63) is 24.3 Å². The predicted molar refractivity (Wildman–Crippen MR) is 58.4 cm³/mol. The largest absolute Gasteiger partial charge is 0.491 e. The molecule has 0 heterocycles. The number of benzene rings is 1. The van der Waals surface area contributed by atoms with Crippen LogP contribution in [-0.4, -0.2) is 25.7 Å². The Hall–Kier alpha value is -1.31. The van der Waals surface area contributed by atoms with E-state index in [2.05, 4.69) is 4.18 Å². The van der Waals surface area contributed by atoms with Crippen molar-refractivity contribution < 1.29 is 21.9 Å². The standard InChI is InChI=1S/C9H13NO5S/c1-7(15-16(11,12)13)6-14-9-4-2-8(10)3-5-9/h2-5,7H,6,10H2,1H3,(H,11,12,13). The topological polar surface area (TPSA) is 98.9 Å². The number of nitrogens with two attached hydrogens (primary N) is 1. The maximum atomic E-state index is 10.4. The van der Waals surface area contributed by atoms with Gasteiger partial charge in [-0.2, -0.15) is 8.42 Å². The Morgan fingerprint density at radius 1 is 1.38 bits per heavy atom. The summed E-state index contributed by atoms with van der Waals surface area (Å²) in [5, 5.41) is 0. The molecule has 0 spiro atoms. The highest BCUT2D eigenvalue weighted by atomic mass is 32.3. The fourth-order valence-corrected chi connectivity index (χ4v) is 1.48. The van der Waals surface area contributed by atoms with Crippen LogP contribution in [0.25, 0.3) is 0 Å². The normalized spacial score (nSPS) is 13.4. The van der Waals surface area contributed by atoms with Gasteiger partial charge < -0.3 is 10.5 Å². The van der Waals surface area contributed by atoms with E-state index < -0.39 is 16.5 Å². The van der Waals surface area contributed by atoms with Gasteiger partial charge in [-0.25, -0.2) is 4.18 Å². The Balaban J connectivity index is 2.43. The molecule has 0 aromatic heterocycles. The zero-order valence-corrected chi connectivity index (χ0v) is 9.48. The average Bonchev–Trinajstić information content (AvgIpc) is 2.14. The lowest BCUT2D eigenvalue weighted by Gasteiger charge is -2.11. The SMILES string of the molecule is CC(COc1ccc(N)cc1)OS(=O)(=O)O. The molecule has 0 bridgehead atoms. The summed E-state index contributed by atoms with van der Waals surface area (Å²) in [6, 6.07) is 6.61. The van der Waals surface area contributed by atoms with Gasteiger partial charge in [0.2, 0.25) is 0 Å². The van der Waals surface area contributed by atoms with Crippen LogP contribution in [0.5, 0.6) is 5.75 Å². The van der Waals surface area contributed by atoms with Crippen molar-refractivity contribution in [1.82, 2.24) is 0 Å². The van der Waals surface area contributed by atoms with Gasteiger partial charge in [0.25, 0.3) is 0 Å². The van der Waals surface area contributed by atoms with Crippen molar-refractivity contribution in [3.8, 4) is 5.75 Å². The first kappa shape index (κ1) is 12.8. The molecule has 0 aliphatic carbocycles. The molecule has 0 fully saturated rings. The van der Waals surface area contributed by atoms with Gasteiger partial charge in [0, 0.05) is 5.69 Å². The van der Waals surface area contributed by atoms with Crippen LogP contribution in [0.3, 0.4) is 0 Å². The summed E-state index contributed by atoms with van der Waals surface area (Å²) in [6.45, 7) is 1.47. The number of nitrogen functional groups attached to an aromatic ring is 1. The Kier molecular flexibility index (Phi) is 4.11. The highest BCUT2D eigenvalue weighted by molar-refractivity contribution is 7.80. The molecular formula is C9H13NO5S. The second kappa shape index (κ2) is 5.15. The number of rotatable bonds is 5. The molecule has 3 N–H and O–H groups in total. The van der Waals surface area contributed by atoms with Crippen LogP contribution in [0.2, 0.25) is 0 Å². The molecule has 0 saturated carbocycles. The van der Waals surface area contributed by atoms with Crippen LogP contribution in [0, 0.1) is 0 Å². The van der Waals surface area contributed by atoms with E-state index in [0.717, 1.165) is 0 Å². The molecule has 7 heteroatoms. The molecule has 1 unspecified atom stereocenters. The third-order valence-corrected chi connectivity index (χ3v) is 2.22. The molecule has 1 atom stereocenters. The summed E-state index contributed by atoms with van der Waals surface area (Å²) in [5.74, 6) is 0.542. The minimum atomic E-state index is -4.43. The van der Waals surface area contributed by atoms with E-state index in [9.17, 15) is 8.42 Å². The number of anilines is 1. The number of ether oxygens (including phenoxy) is 1. The maximum absolute atomic E-state index is 10.4. The van der Waals surface area contributed by atoms with E-state index in [1.807, 2.05) is 0 Å². The lowest BCUT2D eigenvalue weighted by Crippen LogP contribution is -2.21. The van der Waals surface area contributed by atoms with Gasteiger partial charge in [-0.3, -0.25) is 4.55 Å². The van der Waals surface area contributed by atoms with Gasteiger partial charge in [0.15, 0.2) is 0 Å². The third kappa shape index (κ3) is 4.96. The van der Waals surface area contributed by atoms with Gasteiger partial charge in [-0.05, 0) is 31.2 Å². The molecule has 6 nitrogen and oxygen atoms in total. The molecule has 0 saturated heterocycles. The number of hydrogen-bond acceptors (Lipinski definition) is 5. The van der Waals surface area contributed by atoms with Crippen LogP contribution < -0.4 is 10.5 Å². The maximum Gasteiger partial charge on any atom is 0.397 e. The van der Waals surface area contributed by atoms with E-state index in [4.69, 9.17) is 15.0 Å². The summed E-state index contributed by atoms with van der Waals surface area (Å²) < 4.78 is 38.6. The van der Waals surface area contributed by atoms with E-state index >= 15 is 0 Å². The minimum absolute atomic E-state index is 0.00368. The van der Waals surface area contributed by atoms with Crippen molar-refractivity contribution in [3.63, 3.8) is 0 Å². The molecule has 1 rings (SSSR count). The van der Waals surface area contributed by atoms with Crippen molar-refractivity contribution in [2.45, 2.75) is 13.0 Å². The second-order valence-corrected chi connectivity index (χ2v) is 4.26. The van der Waals surface area contributed by atoms with Crippen molar-refractivity contribution in [1.29, 1.82) is 0 Å². The van der Waals surface area contributed by atoms with E-state index in [-0.39, 0.29) is 6.61 Å². The van der Waals surface area contributed by atoms with E-state index in [0.29, 0.717) is 11.4 Å². The first-order chi connectivity index (χ1) is 7.37. The zero-order valence-electron chi connectivity index (χ0n) is 8.66. The smallest absolute Gasteiger partial charge is 0.397 e. The van der Waals surface area contributed by atoms with Crippen LogP contribution in [0.15, 0.2) is 24.3 Å². The Bertz CT molecular complexity index is 428. The Morgan fingerprint density at radius 2 is 1.94 bits per heavy atom. The molecule has 0 radical (unpaired) electrons. The van der Waals surface area contributed by atoms with Gasteiger partial charge >= 0.3 is 10.4 Å². The lowest BCUT2D eigenvalue weighted by molar-refractivity contribution is 0.133. The van der Waals surface area contributed by atoms with Crippen LogP contribution in [0.4, 0.5) is 5.69 Å². The second-order valence-electron chi connectivity index (χ2n) is 3.21. The molecule has 0 aliphatic rings. The molecule has 1 aromatic rings. The van der Waals surface area contributed by atoms with Crippen LogP contribution in [0.1, 0.15) is 6.92 Å². The monoisotopic (exact) mass is 247 g/mol. The van der Waals surface area contributed by atoms with Gasteiger partial charge in [-0.1, -0.05) is 0 Å². The molecule has 90 valence electrons. The average molecular weight is 247 g/mol. The predicted octanol–water partition coefficient (Wildman–Crippen LogP) is 0.855. The summed E-state index contributed by atoms with van der Waals surface area (Å²) in [7, 11) is -4.43. The van der Waals surface area contributed by atoms with Crippen molar-refractivity contribution in [2.24, 2.45) is 0 Å². The lowest BCUT2D eigenvalue weighted by atomic mass is 10.3. The fraction of sp³-hybridized carbons (Fsp3) is 0.333. The summed E-state index contributed by atoms with van der Waals surface area (Å²) in [6.07, 6.45) is -0.771. The third-order valence-electron chi connectivity index (χ3n) is 1.65. The highest BCUT2D eigenvalue weighted by Crippen LogP contribution is 2.13. The molecule has 0 amide bonds. The highest BCUT2D eigenvalue weighted by Gasteiger charge is 2.12. The first-order valence-corrected chi connectivity index (χ1v) is 5.87. The van der Waals surface area contributed by atoms with Crippen LogP contribution in [-0.2, 0) is 14.6 Å². The molecule has 16 heavy (non-hydrogen) atoms. The van der Waals surface area contributed by atoms with Crippen LogP contribution >= 0.6 is 0 Å². The van der Waals surface area contributed by atoms with Crippen molar-refractivity contribution in [2.75, 3.05) is 12.3 Å².